The van der Waals surface area contributed by atoms with Crippen LogP contribution in [-0.4, -0.2) is 30.7 Å². The fraction of sp³-hybridized carbons (Fsp3) is 0.150. The summed E-state index contributed by atoms with van der Waals surface area (Å²) < 4.78 is 0.936. The predicted molar refractivity (Wildman–Crippen MR) is 116 cm³/mol. The van der Waals surface area contributed by atoms with Crippen molar-refractivity contribution in [3.05, 3.63) is 93.7 Å². The van der Waals surface area contributed by atoms with E-state index in [1.165, 1.54) is 0 Å². The average Bonchev–Trinajstić information content (AvgIpc) is 2.69. The Morgan fingerprint density at radius 1 is 1.00 bits per heavy atom. The molecule has 1 heterocycles. The van der Waals surface area contributed by atoms with Gasteiger partial charge in [0.2, 0.25) is 5.88 Å². The van der Waals surface area contributed by atoms with Crippen LogP contribution in [0.25, 0.3) is 5.69 Å². The summed E-state index contributed by atoms with van der Waals surface area (Å²) in [7, 11) is 0. The predicted octanol–water partition coefficient (Wildman–Crippen LogP) is 2.72. The molecule has 2 aromatic carbocycles. The summed E-state index contributed by atoms with van der Waals surface area (Å²) in [4.78, 5) is 51.0. The van der Waals surface area contributed by atoms with E-state index in [2.05, 4.69) is 9.98 Å². The van der Waals surface area contributed by atoms with Crippen LogP contribution in [0.2, 0.25) is 0 Å². The summed E-state index contributed by atoms with van der Waals surface area (Å²) in [5, 5.41) is 32.8. The molecular formula is C20H17N5O7. The summed E-state index contributed by atoms with van der Waals surface area (Å²) in [6.45, 7) is 5.37. The largest absolute Gasteiger partial charge is 0.493 e. The van der Waals surface area contributed by atoms with Crippen LogP contribution in [0.5, 0.6) is 5.88 Å². The van der Waals surface area contributed by atoms with E-state index in [1.54, 1.807) is 13.8 Å². The monoisotopic (exact) mass is 439 g/mol. The molecule has 1 aromatic heterocycles. The van der Waals surface area contributed by atoms with Gasteiger partial charge in [-0.25, -0.2) is 9.36 Å². The van der Waals surface area contributed by atoms with Gasteiger partial charge in [0.1, 0.15) is 5.56 Å². The minimum Gasteiger partial charge on any atom is -0.493 e. The molecule has 0 atom stereocenters. The molecule has 164 valence electrons. The Morgan fingerprint density at radius 2 is 1.59 bits per heavy atom. The maximum Gasteiger partial charge on any atom is 0.348 e. The van der Waals surface area contributed by atoms with Crippen molar-refractivity contribution in [2.75, 3.05) is 0 Å². The Kier molecular flexibility index (Phi) is 5.70. The van der Waals surface area contributed by atoms with Crippen molar-refractivity contribution < 1.29 is 15.0 Å². The van der Waals surface area contributed by atoms with E-state index in [9.17, 15) is 34.9 Å². The van der Waals surface area contributed by atoms with Crippen molar-refractivity contribution in [3.8, 4) is 11.6 Å². The van der Waals surface area contributed by atoms with Gasteiger partial charge in [-0.15, -0.1) is 0 Å². The second-order valence-corrected chi connectivity index (χ2v) is 7.02. The fourth-order valence-electron chi connectivity index (χ4n) is 3.42. The van der Waals surface area contributed by atoms with Gasteiger partial charge in [0.15, 0.2) is 0 Å². The molecule has 32 heavy (non-hydrogen) atoms. The summed E-state index contributed by atoms with van der Waals surface area (Å²) in [5.74, 6) is -0.672. The van der Waals surface area contributed by atoms with Crippen LogP contribution in [0.4, 0.5) is 17.1 Å². The zero-order valence-corrected chi connectivity index (χ0v) is 17.1. The highest BCUT2D eigenvalue weighted by molar-refractivity contribution is 5.84. The molecule has 0 fully saturated rings. The van der Waals surface area contributed by atoms with Crippen LogP contribution < -0.4 is 11.2 Å². The van der Waals surface area contributed by atoms with Crippen molar-refractivity contribution in [3.63, 3.8) is 0 Å². The van der Waals surface area contributed by atoms with Gasteiger partial charge < -0.3 is 5.11 Å². The number of aryl methyl sites for hydroxylation is 3. The molecule has 2 N–H and O–H groups in total. The quantitative estimate of drug-likeness (QED) is 0.349. The molecule has 3 aromatic rings. The van der Waals surface area contributed by atoms with Crippen molar-refractivity contribution in [2.24, 2.45) is 4.99 Å². The Balaban J connectivity index is 2.17. The summed E-state index contributed by atoms with van der Waals surface area (Å²) in [5.41, 5.74) is -1.02. The van der Waals surface area contributed by atoms with Gasteiger partial charge in [0, 0.05) is 18.3 Å². The van der Waals surface area contributed by atoms with Crippen molar-refractivity contribution in [2.45, 2.75) is 20.8 Å². The molecular weight excluding hydrogens is 422 g/mol. The number of aliphatic imine (C=N–C) groups is 1. The maximum absolute atomic E-state index is 12.5. The first kappa shape index (κ1) is 22.1. The van der Waals surface area contributed by atoms with E-state index in [0.717, 1.165) is 34.5 Å². The van der Waals surface area contributed by atoms with Crippen molar-refractivity contribution in [1.29, 1.82) is 0 Å². The Morgan fingerprint density at radius 3 is 2.16 bits per heavy atom. The number of aromatic nitrogens is 2. The zero-order chi connectivity index (χ0) is 23.7. The molecule has 0 aliphatic heterocycles. The molecule has 0 aliphatic rings. The summed E-state index contributed by atoms with van der Waals surface area (Å²) >= 11 is 0. The molecule has 0 saturated heterocycles. The second-order valence-electron chi connectivity index (χ2n) is 7.02. The second kappa shape index (κ2) is 8.26. The number of nitro benzene ring substituents is 2. The molecule has 0 amide bonds. The zero-order valence-electron chi connectivity index (χ0n) is 17.1. The van der Waals surface area contributed by atoms with E-state index in [-0.39, 0.29) is 11.3 Å². The molecule has 0 aliphatic carbocycles. The molecule has 3 rings (SSSR count). The van der Waals surface area contributed by atoms with Gasteiger partial charge in [0.05, 0.1) is 21.2 Å². The van der Waals surface area contributed by atoms with Gasteiger partial charge in [-0.05, 0) is 38.0 Å². The van der Waals surface area contributed by atoms with Gasteiger partial charge in [-0.2, -0.15) is 0 Å². The average molecular weight is 439 g/mol. The van der Waals surface area contributed by atoms with E-state index in [0.29, 0.717) is 16.8 Å². The van der Waals surface area contributed by atoms with Gasteiger partial charge in [-0.3, -0.25) is 35.0 Å². The molecule has 0 saturated carbocycles. The number of nitrogens with zero attached hydrogens (tertiary/aromatic N) is 4. The summed E-state index contributed by atoms with van der Waals surface area (Å²) in [6.07, 6.45) is 0.924. The number of aromatic hydroxyl groups is 1. The number of hydrogen-bond donors (Lipinski definition) is 2. The first-order chi connectivity index (χ1) is 15.0. The molecule has 0 unspecified atom stereocenters. The SMILES string of the molecule is Cc1cc(C)c(-n2c(O)c(C=Nc3ccc([N+](=O)[O-])c([N+](=O)[O-])c3)c(=O)[nH]c2=O)c(C)c1. The number of benzene rings is 2. The lowest BCUT2D eigenvalue weighted by Crippen LogP contribution is -2.32. The minimum absolute atomic E-state index is 0.0680. The number of H-pyrrole nitrogens is 1. The fourth-order valence-corrected chi connectivity index (χ4v) is 3.42. The van der Waals surface area contributed by atoms with Crippen molar-refractivity contribution >= 4 is 23.3 Å². The smallest absolute Gasteiger partial charge is 0.348 e. The topological polar surface area (TPSA) is 174 Å². The lowest BCUT2D eigenvalue weighted by Gasteiger charge is -2.15. The third-order valence-electron chi connectivity index (χ3n) is 4.68. The van der Waals surface area contributed by atoms with Crippen LogP contribution in [0.3, 0.4) is 0 Å². The van der Waals surface area contributed by atoms with Crippen LogP contribution in [0.15, 0.2) is 44.9 Å². The highest BCUT2D eigenvalue weighted by atomic mass is 16.6. The van der Waals surface area contributed by atoms with E-state index in [1.807, 2.05) is 19.1 Å². The number of hydrogen-bond acceptors (Lipinski definition) is 8. The highest BCUT2D eigenvalue weighted by Crippen LogP contribution is 2.31. The first-order valence-corrected chi connectivity index (χ1v) is 9.14. The highest BCUT2D eigenvalue weighted by Gasteiger charge is 2.24. The van der Waals surface area contributed by atoms with E-state index in [4.69, 9.17) is 0 Å². The molecule has 0 spiro atoms. The maximum atomic E-state index is 12.5. The van der Waals surface area contributed by atoms with Crippen LogP contribution in [0.1, 0.15) is 22.3 Å². The van der Waals surface area contributed by atoms with Crippen LogP contribution >= 0.6 is 0 Å². The molecule has 0 radical (unpaired) electrons. The Labute approximate surface area is 179 Å². The van der Waals surface area contributed by atoms with Gasteiger partial charge in [-0.1, -0.05) is 17.7 Å². The Bertz CT molecular complexity index is 1400. The minimum atomic E-state index is -0.926. The standard InChI is InChI=1S/C20H17N5O7/c1-10-6-11(2)17(12(3)7-10)23-19(27)14(18(26)22-20(23)28)9-21-13-4-5-15(24(29)30)16(8-13)25(31)32/h4-9,27H,1-3H3,(H,22,26,28). The number of aromatic amines is 1. The van der Waals surface area contributed by atoms with Gasteiger partial charge >= 0.3 is 17.1 Å². The molecule has 12 nitrogen and oxygen atoms in total. The molecule has 0 bridgehead atoms. The van der Waals surface area contributed by atoms with Gasteiger partial charge in [0.25, 0.3) is 5.56 Å². The third kappa shape index (κ3) is 4.01. The van der Waals surface area contributed by atoms with E-state index >= 15 is 0 Å². The number of nitrogens with one attached hydrogen (secondary N) is 1. The number of rotatable bonds is 5. The third-order valence-corrected chi connectivity index (χ3v) is 4.68. The number of nitro groups is 2. The lowest BCUT2D eigenvalue weighted by atomic mass is 10.0. The summed E-state index contributed by atoms with van der Waals surface area (Å²) in [6, 6.07) is 6.54. The van der Waals surface area contributed by atoms with Crippen molar-refractivity contribution in [1.82, 2.24) is 9.55 Å². The van der Waals surface area contributed by atoms with Crippen LogP contribution in [-0.2, 0) is 0 Å². The van der Waals surface area contributed by atoms with Crippen LogP contribution in [0, 0.1) is 41.0 Å². The van der Waals surface area contributed by atoms with E-state index < -0.39 is 38.4 Å². The first-order valence-electron chi connectivity index (χ1n) is 9.14. The normalized spacial score (nSPS) is 11.1. The lowest BCUT2D eigenvalue weighted by molar-refractivity contribution is -0.422. The molecule has 12 heteroatoms. The Hall–Kier alpha value is -4.61.